The van der Waals surface area contributed by atoms with E-state index in [0.29, 0.717) is 0 Å². The van der Waals surface area contributed by atoms with Crippen LogP contribution in [0.15, 0.2) is 30.5 Å². The Labute approximate surface area is 119 Å². The van der Waals surface area contributed by atoms with Gasteiger partial charge >= 0.3 is 0 Å². The average Bonchev–Trinajstić information content (AvgIpc) is 2.82. The molecule has 1 aliphatic carbocycles. The van der Waals surface area contributed by atoms with Gasteiger partial charge in [-0.2, -0.15) is 0 Å². The molecule has 0 unspecified atom stereocenters. The van der Waals surface area contributed by atoms with Gasteiger partial charge in [0, 0.05) is 22.5 Å². The maximum absolute atomic E-state index is 4.70. The number of fused-ring (bicyclic) bond motifs is 5. The highest BCUT2D eigenvalue weighted by atomic mass is 14.9. The van der Waals surface area contributed by atoms with Gasteiger partial charge in [-0.25, -0.2) is 4.98 Å². The van der Waals surface area contributed by atoms with Crippen molar-refractivity contribution in [2.75, 3.05) is 0 Å². The molecule has 2 heteroatoms. The third-order valence-corrected chi connectivity index (χ3v) is 4.82. The molecule has 20 heavy (non-hydrogen) atoms. The number of nitrogens with one attached hydrogen (secondary N) is 1. The van der Waals surface area contributed by atoms with E-state index in [0.717, 1.165) is 5.65 Å². The number of hydrogen-bond acceptors (Lipinski definition) is 1. The number of benzene rings is 1. The molecule has 0 radical (unpaired) electrons. The van der Waals surface area contributed by atoms with Gasteiger partial charge in [0.15, 0.2) is 0 Å². The first-order chi connectivity index (χ1) is 9.40. The number of rotatable bonds is 0. The van der Waals surface area contributed by atoms with Gasteiger partial charge in [0.05, 0.1) is 0 Å². The fourth-order valence-corrected chi connectivity index (χ4v) is 4.31. The van der Waals surface area contributed by atoms with Crippen LogP contribution < -0.4 is 0 Å². The molecule has 2 nitrogen and oxygen atoms in total. The van der Waals surface area contributed by atoms with Crippen LogP contribution in [0.5, 0.6) is 0 Å². The summed E-state index contributed by atoms with van der Waals surface area (Å²) >= 11 is 0. The van der Waals surface area contributed by atoms with E-state index in [4.69, 9.17) is 4.98 Å². The first kappa shape index (κ1) is 12.0. The molecule has 4 rings (SSSR count). The molecule has 0 saturated carbocycles. The number of aromatic nitrogens is 2. The maximum Gasteiger partial charge on any atom is 0.138 e. The number of pyridine rings is 1. The lowest BCUT2D eigenvalue weighted by atomic mass is 9.81. The minimum atomic E-state index is 0.199. The normalized spacial score (nSPS) is 19.6. The minimum Gasteiger partial charge on any atom is -0.339 e. The van der Waals surface area contributed by atoms with E-state index in [1.807, 2.05) is 0 Å². The lowest BCUT2D eigenvalue weighted by molar-refractivity contribution is 0.404. The molecule has 2 heterocycles. The molecule has 0 atom stereocenters. The van der Waals surface area contributed by atoms with Crippen molar-refractivity contribution in [2.24, 2.45) is 0 Å². The van der Waals surface area contributed by atoms with Crippen LogP contribution in [0.1, 0.15) is 45.2 Å². The van der Waals surface area contributed by atoms with Crippen LogP contribution in [-0.4, -0.2) is 9.97 Å². The van der Waals surface area contributed by atoms with Crippen molar-refractivity contribution < 1.29 is 0 Å². The lowest BCUT2D eigenvalue weighted by Crippen LogP contribution is -2.18. The zero-order valence-electron chi connectivity index (χ0n) is 12.5. The van der Waals surface area contributed by atoms with Gasteiger partial charge < -0.3 is 4.98 Å². The Balaban J connectivity index is 2.24. The van der Waals surface area contributed by atoms with E-state index >= 15 is 0 Å². The summed E-state index contributed by atoms with van der Waals surface area (Å²) in [6.07, 6.45) is 3.26. The molecule has 0 fully saturated rings. The van der Waals surface area contributed by atoms with Crippen molar-refractivity contribution in [3.05, 3.63) is 41.6 Å². The number of nitrogens with zero attached hydrogens (tertiary/aromatic N) is 1. The van der Waals surface area contributed by atoms with Gasteiger partial charge in [-0.15, -0.1) is 0 Å². The van der Waals surface area contributed by atoms with Crippen LogP contribution in [0, 0.1) is 0 Å². The molecule has 0 bridgehead atoms. The molecule has 1 aliphatic rings. The monoisotopic (exact) mass is 264 g/mol. The first-order valence-corrected chi connectivity index (χ1v) is 7.30. The van der Waals surface area contributed by atoms with Gasteiger partial charge in [0.2, 0.25) is 0 Å². The predicted octanol–water partition coefficient (Wildman–Crippen LogP) is 4.68. The van der Waals surface area contributed by atoms with E-state index in [1.54, 1.807) is 0 Å². The SMILES string of the molecule is CC1(C)CC(C)(C)c2c1cnc1[nH]c3ccccc3c21. The van der Waals surface area contributed by atoms with E-state index in [-0.39, 0.29) is 10.8 Å². The molecular weight excluding hydrogens is 244 g/mol. The standard InChI is InChI=1S/C18H20N2/c1-17(2)10-18(3,4)15-12(17)9-19-16-14(15)11-7-5-6-8-13(11)20-16/h5-9H,10H2,1-4H3,(H,19,20). The molecule has 102 valence electrons. The highest BCUT2D eigenvalue weighted by Crippen LogP contribution is 2.52. The Morgan fingerprint density at radius 3 is 2.60 bits per heavy atom. The molecular formula is C18H20N2. The first-order valence-electron chi connectivity index (χ1n) is 7.30. The molecule has 0 spiro atoms. The Bertz CT molecular complexity index is 837. The van der Waals surface area contributed by atoms with Crippen molar-refractivity contribution in [3.63, 3.8) is 0 Å². The second-order valence-electron chi connectivity index (χ2n) is 7.39. The Morgan fingerprint density at radius 2 is 1.80 bits per heavy atom. The third-order valence-electron chi connectivity index (χ3n) is 4.82. The fourth-order valence-electron chi connectivity index (χ4n) is 4.31. The number of hydrogen-bond donors (Lipinski definition) is 1. The molecule has 3 aromatic rings. The summed E-state index contributed by atoms with van der Waals surface area (Å²) in [6, 6.07) is 8.53. The molecule has 0 aliphatic heterocycles. The van der Waals surface area contributed by atoms with Gasteiger partial charge in [0.25, 0.3) is 0 Å². The summed E-state index contributed by atoms with van der Waals surface area (Å²) in [5, 5.41) is 2.63. The summed E-state index contributed by atoms with van der Waals surface area (Å²) < 4.78 is 0. The summed E-state index contributed by atoms with van der Waals surface area (Å²) in [5.74, 6) is 0. The van der Waals surface area contributed by atoms with Crippen molar-refractivity contribution in [3.8, 4) is 0 Å². The molecule has 0 saturated heterocycles. The number of H-pyrrole nitrogens is 1. The maximum atomic E-state index is 4.70. The number of aromatic amines is 1. The van der Waals surface area contributed by atoms with E-state index in [9.17, 15) is 0 Å². The zero-order valence-corrected chi connectivity index (χ0v) is 12.5. The van der Waals surface area contributed by atoms with Crippen molar-refractivity contribution in [1.29, 1.82) is 0 Å². The van der Waals surface area contributed by atoms with Gasteiger partial charge in [-0.3, -0.25) is 0 Å². The summed E-state index contributed by atoms with van der Waals surface area (Å²) in [6.45, 7) is 9.40. The van der Waals surface area contributed by atoms with Gasteiger partial charge in [-0.05, 0) is 34.4 Å². The Hall–Kier alpha value is -1.83. The molecule has 0 amide bonds. The fraction of sp³-hybridized carbons (Fsp3) is 0.389. The van der Waals surface area contributed by atoms with Crippen molar-refractivity contribution in [1.82, 2.24) is 9.97 Å². The number of para-hydroxylation sites is 1. The second-order valence-corrected chi connectivity index (χ2v) is 7.39. The van der Waals surface area contributed by atoms with Gasteiger partial charge in [0.1, 0.15) is 5.65 Å². The van der Waals surface area contributed by atoms with Crippen LogP contribution >= 0.6 is 0 Å². The average molecular weight is 264 g/mol. The predicted molar refractivity (Wildman–Crippen MR) is 84.3 cm³/mol. The Kier molecular flexibility index (Phi) is 2.05. The van der Waals surface area contributed by atoms with E-state index in [1.165, 1.54) is 33.8 Å². The summed E-state index contributed by atoms with van der Waals surface area (Å²) in [4.78, 5) is 8.16. The summed E-state index contributed by atoms with van der Waals surface area (Å²) in [5.41, 5.74) is 5.52. The molecule has 1 N–H and O–H groups in total. The van der Waals surface area contributed by atoms with Crippen LogP contribution in [-0.2, 0) is 10.8 Å². The van der Waals surface area contributed by atoms with E-state index < -0.39 is 0 Å². The van der Waals surface area contributed by atoms with Crippen molar-refractivity contribution in [2.45, 2.75) is 44.9 Å². The largest absolute Gasteiger partial charge is 0.339 e. The van der Waals surface area contributed by atoms with Crippen LogP contribution in [0.4, 0.5) is 0 Å². The van der Waals surface area contributed by atoms with Gasteiger partial charge in [-0.1, -0.05) is 45.9 Å². The third kappa shape index (κ3) is 1.37. The topological polar surface area (TPSA) is 28.7 Å². The highest BCUT2D eigenvalue weighted by Gasteiger charge is 2.43. The van der Waals surface area contributed by atoms with Crippen LogP contribution in [0.3, 0.4) is 0 Å². The quantitative estimate of drug-likeness (QED) is 0.627. The van der Waals surface area contributed by atoms with Crippen molar-refractivity contribution >= 4 is 21.9 Å². The lowest BCUT2D eigenvalue weighted by Gasteiger charge is -2.22. The molecule has 2 aromatic heterocycles. The van der Waals surface area contributed by atoms with Crippen LogP contribution in [0.2, 0.25) is 0 Å². The minimum absolute atomic E-state index is 0.199. The zero-order chi connectivity index (χ0) is 14.1. The summed E-state index contributed by atoms with van der Waals surface area (Å²) in [7, 11) is 0. The highest BCUT2D eigenvalue weighted by molar-refractivity contribution is 6.08. The second kappa shape index (κ2) is 3.43. The Morgan fingerprint density at radius 1 is 1.05 bits per heavy atom. The van der Waals surface area contributed by atoms with Crippen LogP contribution in [0.25, 0.3) is 21.9 Å². The molecule has 1 aromatic carbocycles. The van der Waals surface area contributed by atoms with E-state index in [2.05, 4.69) is 63.1 Å². The smallest absolute Gasteiger partial charge is 0.138 e.